The van der Waals surface area contributed by atoms with Gasteiger partial charge in [0.05, 0.1) is 30.6 Å². The number of nitrogens with zero attached hydrogens (tertiary/aromatic N) is 1. The summed E-state index contributed by atoms with van der Waals surface area (Å²) in [5.74, 6) is -0.551. The highest BCUT2D eigenvalue weighted by molar-refractivity contribution is 5.97. The summed E-state index contributed by atoms with van der Waals surface area (Å²) >= 11 is 0. The van der Waals surface area contributed by atoms with Crippen molar-refractivity contribution < 1.29 is 23.5 Å². The minimum atomic E-state index is -0.758. The number of hydrogen-bond acceptors (Lipinski definition) is 5. The Morgan fingerprint density at radius 1 is 1.14 bits per heavy atom. The second-order valence-electron chi connectivity index (χ2n) is 8.73. The van der Waals surface area contributed by atoms with Gasteiger partial charge in [0, 0.05) is 19.8 Å². The molecule has 0 saturated carbocycles. The number of benzene rings is 2. The Hall–Kier alpha value is -4.20. The average molecular weight is 490 g/mol. The first kappa shape index (κ1) is 24.9. The van der Waals surface area contributed by atoms with Crippen LogP contribution in [0.15, 0.2) is 88.8 Å². The molecule has 0 saturated heterocycles. The lowest BCUT2D eigenvalue weighted by Gasteiger charge is -2.37. The molecule has 2 atom stereocenters. The topological polar surface area (TPSA) is 89.0 Å². The zero-order valence-corrected chi connectivity index (χ0v) is 20.4. The number of hydrogen-bond donors (Lipinski definition) is 2. The number of nitrogens with one attached hydrogen (secondary N) is 2. The van der Waals surface area contributed by atoms with Crippen LogP contribution in [0, 0.1) is 11.7 Å². The minimum absolute atomic E-state index is 0.0367. The van der Waals surface area contributed by atoms with Crippen LogP contribution in [0.2, 0.25) is 0 Å². The third-order valence-corrected chi connectivity index (χ3v) is 6.16. The van der Waals surface area contributed by atoms with Crippen molar-refractivity contribution in [2.75, 3.05) is 14.2 Å². The van der Waals surface area contributed by atoms with E-state index in [-0.39, 0.29) is 30.5 Å². The van der Waals surface area contributed by atoms with E-state index in [0.29, 0.717) is 22.7 Å². The Morgan fingerprint density at radius 3 is 2.61 bits per heavy atom. The van der Waals surface area contributed by atoms with Crippen LogP contribution in [-0.4, -0.2) is 37.7 Å². The summed E-state index contributed by atoms with van der Waals surface area (Å²) in [6.07, 6.45) is 7.02. The molecule has 0 spiro atoms. The van der Waals surface area contributed by atoms with E-state index in [2.05, 4.69) is 15.6 Å². The number of dihydropyridines is 1. The molecule has 0 bridgehead atoms. The first-order chi connectivity index (χ1) is 17.3. The third-order valence-electron chi connectivity index (χ3n) is 6.16. The Morgan fingerprint density at radius 2 is 1.92 bits per heavy atom. The summed E-state index contributed by atoms with van der Waals surface area (Å²) in [5.41, 5.74) is 1.12. The van der Waals surface area contributed by atoms with Gasteiger partial charge in [-0.15, -0.1) is 0 Å². The van der Waals surface area contributed by atoms with Gasteiger partial charge in [0.25, 0.3) is 5.91 Å². The van der Waals surface area contributed by atoms with Crippen LogP contribution < -0.4 is 15.4 Å². The van der Waals surface area contributed by atoms with Crippen LogP contribution in [0.25, 0.3) is 0 Å². The average Bonchev–Trinajstić information content (AvgIpc) is 2.88. The fraction of sp³-hybridized carbons (Fsp3) is 0.250. The highest BCUT2D eigenvalue weighted by atomic mass is 19.1. The summed E-state index contributed by atoms with van der Waals surface area (Å²) in [5, 5.41) is 5.41. The van der Waals surface area contributed by atoms with E-state index in [1.807, 2.05) is 37.3 Å². The quantitative estimate of drug-likeness (QED) is 0.593. The zero-order chi connectivity index (χ0) is 25.7. The van der Waals surface area contributed by atoms with E-state index >= 15 is 0 Å². The monoisotopic (exact) mass is 489 g/mol. The third kappa shape index (κ3) is 5.38. The maximum absolute atomic E-state index is 15.0. The molecule has 2 aromatic rings. The van der Waals surface area contributed by atoms with E-state index in [1.165, 1.54) is 26.3 Å². The van der Waals surface area contributed by atoms with Crippen LogP contribution in [0.1, 0.15) is 18.1 Å². The molecule has 0 aromatic heterocycles. The van der Waals surface area contributed by atoms with E-state index in [9.17, 15) is 14.0 Å². The predicted molar refractivity (Wildman–Crippen MR) is 135 cm³/mol. The van der Waals surface area contributed by atoms with Gasteiger partial charge in [-0.2, -0.15) is 0 Å². The summed E-state index contributed by atoms with van der Waals surface area (Å²) in [6.45, 7) is 2.08. The van der Waals surface area contributed by atoms with Crippen LogP contribution in [0.3, 0.4) is 0 Å². The van der Waals surface area contributed by atoms with Crippen molar-refractivity contribution in [2.24, 2.45) is 10.9 Å². The SMILES string of the molecule is CNC(=O)C1=CC2C(Oc3ccc(CNC(=O)Cc4ccccc4)cc3F)=CC=NC2(C)C=C1OC. The first-order valence-electron chi connectivity index (χ1n) is 11.6. The molecule has 2 aromatic carbocycles. The summed E-state index contributed by atoms with van der Waals surface area (Å²) < 4.78 is 26.3. The van der Waals surface area contributed by atoms with Gasteiger partial charge in [-0.1, -0.05) is 42.5 Å². The number of ether oxygens (including phenoxy) is 2. The van der Waals surface area contributed by atoms with Crippen molar-refractivity contribution in [3.8, 4) is 5.75 Å². The predicted octanol–water partition coefficient (Wildman–Crippen LogP) is 3.62. The van der Waals surface area contributed by atoms with Gasteiger partial charge >= 0.3 is 0 Å². The molecule has 0 fully saturated rings. The summed E-state index contributed by atoms with van der Waals surface area (Å²) in [6, 6.07) is 14.0. The number of carbonyl (C=O) groups excluding carboxylic acids is 2. The molecule has 8 heteroatoms. The molecule has 2 N–H and O–H groups in total. The first-order valence-corrected chi connectivity index (χ1v) is 11.6. The van der Waals surface area contributed by atoms with E-state index in [0.717, 1.165) is 5.56 Å². The molecule has 36 heavy (non-hydrogen) atoms. The lowest BCUT2D eigenvalue weighted by molar-refractivity contribution is -0.120. The number of aliphatic imine (C=N–C) groups is 1. The van der Waals surface area contributed by atoms with Crippen molar-refractivity contribution >= 4 is 18.0 Å². The number of methoxy groups -OCH3 is 1. The van der Waals surface area contributed by atoms with Crippen molar-refractivity contribution in [3.63, 3.8) is 0 Å². The number of rotatable bonds is 8. The zero-order valence-electron chi connectivity index (χ0n) is 20.4. The smallest absolute Gasteiger partial charge is 0.254 e. The van der Waals surface area contributed by atoms with Crippen molar-refractivity contribution in [3.05, 3.63) is 101 Å². The summed E-state index contributed by atoms with van der Waals surface area (Å²) in [4.78, 5) is 29.2. The van der Waals surface area contributed by atoms with E-state index in [1.54, 1.807) is 30.5 Å². The highest BCUT2D eigenvalue weighted by Crippen LogP contribution is 2.41. The number of allylic oxidation sites excluding steroid dienone is 1. The molecule has 1 aliphatic heterocycles. The van der Waals surface area contributed by atoms with Gasteiger partial charge in [0.2, 0.25) is 5.91 Å². The molecule has 2 amide bonds. The van der Waals surface area contributed by atoms with Gasteiger partial charge in [-0.3, -0.25) is 14.6 Å². The molecule has 4 rings (SSSR count). The Balaban J connectivity index is 1.46. The van der Waals surface area contributed by atoms with Crippen LogP contribution in [0.5, 0.6) is 5.75 Å². The van der Waals surface area contributed by atoms with Crippen LogP contribution in [0.4, 0.5) is 4.39 Å². The van der Waals surface area contributed by atoms with Gasteiger partial charge in [-0.05, 0) is 42.3 Å². The molecule has 0 radical (unpaired) electrons. The second-order valence-corrected chi connectivity index (χ2v) is 8.73. The highest BCUT2D eigenvalue weighted by Gasteiger charge is 2.41. The molecular formula is C28H28FN3O4. The van der Waals surface area contributed by atoms with Gasteiger partial charge in [0.1, 0.15) is 11.5 Å². The minimum Gasteiger partial charge on any atom is -0.496 e. The largest absolute Gasteiger partial charge is 0.496 e. The Kier molecular flexibility index (Phi) is 7.33. The number of halogens is 1. The molecule has 1 aliphatic carbocycles. The molecule has 7 nitrogen and oxygen atoms in total. The van der Waals surface area contributed by atoms with Gasteiger partial charge in [-0.25, -0.2) is 4.39 Å². The van der Waals surface area contributed by atoms with Gasteiger partial charge < -0.3 is 20.1 Å². The number of likely N-dealkylation sites (N-methyl/N-ethyl adjacent to an activating group) is 1. The molecule has 1 heterocycles. The fourth-order valence-electron chi connectivity index (χ4n) is 4.21. The fourth-order valence-corrected chi connectivity index (χ4v) is 4.21. The van der Waals surface area contributed by atoms with Gasteiger partial charge in [0.15, 0.2) is 11.6 Å². The maximum atomic E-state index is 15.0. The normalized spacial score (nSPS) is 20.3. The number of carbonyl (C=O) groups is 2. The molecule has 186 valence electrons. The second kappa shape index (κ2) is 10.6. The van der Waals surface area contributed by atoms with Crippen molar-refractivity contribution in [1.29, 1.82) is 0 Å². The van der Waals surface area contributed by atoms with Crippen LogP contribution in [-0.2, 0) is 27.3 Å². The lowest BCUT2D eigenvalue weighted by Crippen LogP contribution is -2.39. The lowest BCUT2D eigenvalue weighted by atomic mass is 9.77. The number of amides is 2. The maximum Gasteiger partial charge on any atom is 0.254 e. The Bertz CT molecular complexity index is 1280. The van der Waals surface area contributed by atoms with Crippen molar-refractivity contribution in [2.45, 2.75) is 25.4 Å². The molecule has 2 aliphatic rings. The summed E-state index contributed by atoms with van der Waals surface area (Å²) in [7, 11) is 3.03. The molecular weight excluding hydrogens is 461 g/mol. The molecule has 2 unspecified atom stereocenters. The van der Waals surface area contributed by atoms with E-state index < -0.39 is 17.3 Å². The van der Waals surface area contributed by atoms with Crippen LogP contribution >= 0.6 is 0 Å². The Labute approximate surface area is 209 Å². The van der Waals surface area contributed by atoms with Crippen molar-refractivity contribution in [1.82, 2.24) is 10.6 Å². The number of fused-ring (bicyclic) bond motifs is 1. The standard InChI is InChI=1S/C28H28FN3O4/c1-28-16-25(35-3)20(27(34)30-2)15-21(28)23(11-12-32-28)36-24-10-9-19(13-22(24)29)17-31-26(33)14-18-7-5-4-6-8-18/h4-13,15-16,21H,14,17H2,1-3H3,(H,30,34)(H,31,33). The van der Waals surface area contributed by atoms with E-state index in [4.69, 9.17) is 9.47 Å².